The number of benzene rings is 2. The van der Waals surface area contributed by atoms with Gasteiger partial charge in [-0.1, -0.05) is 18.2 Å². The van der Waals surface area contributed by atoms with Gasteiger partial charge in [0.1, 0.15) is 5.82 Å². The number of hydrogen-bond acceptors (Lipinski definition) is 3. The number of carbonyl (C=O) groups is 1. The number of hydrogen-bond donors (Lipinski definition) is 0. The number of rotatable bonds is 3. The minimum absolute atomic E-state index is 0.0127. The fraction of sp³-hybridized carbons (Fsp3) is 0.458. The normalized spacial score (nSPS) is 27.3. The van der Waals surface area contributed by atoms with E-state index in [1.54, 1.807) is 24.3 Å². The van der Waals surface area contributed by atoms with Gasteiger partial charge in [0, 0.05) is 24.2 Å². The Bertz CT molecular complexity index is 1070. The third-order valence-electron chi connectivity index (χ3n) is 7.04. The average molecular weight is 443 g/mol. The van der Waals surface area contributed by atoms with Gasteiger partial charge in [-0.05, 0) is 80.3 Å². The summed E-state index contributed by atoms with van der Waals surface area (Å²) in [6, 6.07) is 14.1. The summed E-state index contributed by atoms with van der Waals surface area (Å²) in [7, 11) is -3.31. The van der Waals surface area contributed by atoms with Crippen molar-refractivity contribution >= 4 is 21.6 Å². The summed E-state index contributed by atoms with van der Waals surface area (Å²) < 4.78 is 39.7. The van der Waals surface area contributed by atoms with Crippen molar-refractivity contribution in [1.29, 1.82) is 0 Å². The smallest absolute Gasteiger partial charge is 0.254 e. The molecule has 0 N–H and O–H groups in total. The van der Waals surface area contributed by atoms with Crippen molar-refractivity contribution in [2.24, 2.45) is 0 Å². The molecule has 3 aliphatic heterocycles. The van der Waals surface area contributed by atoms with Gasteiger partial charge in [0.2, 0.25) is 10.0 Å². The number of halogens is 1. The average Bonchev–Trinajstić information content (AvgIpc) is 3.02. The van der Waals surface area contributed by atoms with E-state index in [0.29, 0.717) is 30.1 Å². The monoisotopic (exact) mass is 442 g/mol. The predicted octanol–water partition coefficient (Wildman–Crippen LogP) is 4.31. The minimum Gasteiger partial charge on any atom is -0.333 e. The van der Waals surface area contributed by atoms with E-state index >= 15 is 0 Å². The number of amides is 1. The lowest BCUT2D eigenvalue weighted by molar-refractivity contribution is 0.0571. The van der Waals surface area contributed by atoms with Crippen LogP contribution in [0.2, 0.25) is 0 Å². The largest absolute Gasteiger partial charge is 0.333 e. The molecule has 164 valence electrons. The Morgan fingerprint density at radius 1 is 0.968 bits per heavy atom. The van der Waals surface area contributed by atoms with Crippen LogP contribution in [0.1, 0.15) is 60.4 Å². The van der Waals surface area contributed by atoms with Crippen LogP contribution in [0, 0.1) is 5.82 Å². The molecular weight excluding hydrogens is 415 g/mol. The maximum Gasteiger partial charge on any atom is 0.254 e. The van der Waals surface area contributed by atoms with Crippen molar-refractivity contribution in [1.82, 2.24) is 4.90 Å². The molecule has 0 radical (unpaired) electrons. The minimum atomic E-state index is -3.31. The Balaban J connectivity index is 1.36. The van der Waals surface area contributed by atoms with Gasteiger partial charge in [0.25, 0.3) is 5.91 Å². The van der Waals surface area contributed by atoms with Crippen LogP contribution < -0.4 is 4.31 Å². The number of sulfonamides is 1. The molecule has 31 heavy (non-hydrogen) atoms. The molecule has 0 saturated carbocycles. The highest BCUT2D eigenvalue weighted by atomic mass is 32.2. The summed E-state index contributed by atoms with van der Waals surface area (Å²) in [6.45, 7) is 0.467. The standard InChI is InChI=1S/C24H27FN2O3S/c25-20-8-6-17(7-9-20)19-15-22-10-11-23(16-19)27(22)24(28)18-4-3-5-21(14-18)26-12-1-2-13-31(26,29)30/h3-9,14,19,22-23H,1-2,10-13,15-16H2. The van der Waals surface area contributed by atoms with Gasteiger partial charge in [-0.2, -0.15) is 0 Å². The fourth-order valence-electron chi connectivity index (χ4n) is 5.54. The van der Waals surface area contributed by atoms with E-state index in [9.17, 15) is 17.6 Å². The fourth-order valence-corrected chi connectivity index (χ4v) is 7.17. The summed E-state index contributed by atoms with van der Waals surface area (Å²) in [4.78, 5) is 15.5. The molecule has 3 aliphatic rings. The van der Waals surface area contributed by atoms with Crippen molar-refractivity contribution in [3.8, 4) is 0 Å². The van der Waals surface area contributed by atoms with E-state index in [2.05, 4.69) is 0 Å². The first-order valence-corrected chi connectivity index (χ1v) is 12.7. The van der Waals surface area contributed by atoms with Crippen LogP contribution >= 0.6 is 0 Å². The Morgan fingerprint density at radius 3 is 2.35 bits per heavy atom. The summed E-state index contributed by atoms with van der Waals surface area (Å²) in [5, 5.41) is 0. The van der Waals surface area contributed by atoms with E-state index < -0.39 is 10.0 Å². The Hall–Kier alpha value is -2.41. The lowest BCUT2D eigenvalue weighted by atomic mass is 9.85. The molecule has 3 saturated heterocycles. The number of nitrogens with zero attached hydrogens (tertiary/aromatic N) is 2. The molecule has 3 heterocycles. The molecule has 2 aromatic rings. The molecule has 2 unspecified atom stereocenters. The second-order valence-electron chi connectivity index (χ2n) is 8.96. The zero-order chi connectivity index (χ0) is 21.6. The summed E-state index contributed by atoms with van der Waals surface area (Å²) in [5.41, 5.74) is 2.28. The van der Waals surface area contributed by atoms with E-state index in [1.807, 2.05) is 17.0 Å². The maximum absolute atomic E-state index is 13.5. The second-order valence-corrected chi connectivity index (χ2v) is 11.0. The third-order valence-corrected chi connectivity index (χ3v) is 8.91. The molecule has 2 bridgehead atoms. The lowest BCUT2D eigenvalue weighted by Crippen LogP contribution is -2.46. The Labute approximate surface area is 182 Å². The molecule has 0 spiro atoms. The quantitative estimate of drug-likeness (QED) is 0.712. The van der Waals surface area contributed by atoms with Crippen molar-refractivity contribution in [3.63, 3.8) is 0 Å². The maximum atomic E-state index is 13.5. The van der Waals surface area contributed by atoms with Crippen LogP contribution in [0.3, 0.4) is 0 Å². The number of piperidine rings is 1. The molecule has 2 aromatic carbocycles. The van der Waals surface area contributed by atoms with Crippen LogP contribution in [0.15, 0.2) is 48.5 Å². The van der Waals surface area contributed by atoms with E-state index in [1.165, 1.54) is 16.4 Å². The molecule has 1 amide bonds. The summed E-state index contributed by atoms with van der Waals surface area (Å²) in [6.07, 6.45) is 5.24. The van der Waals surface area contributed by atoms with Gasteiger partial charge in [0.15, 0.2) is 0 Å². The topological polar surface area (TPSA) is 57.7 Å². The van der Waals surface area contributed by atoms with Gasteiger partial charge in [-0.3, -0.25) is 9.10 Å². The van der Waals surface area contributed by atoms with Crippen LogP contribution in [0.4, 0.5) is 10.1 Å². The van der Waals surface area contributed by atoms with Crippen LogP contribution in [0.25, 0.3) is 0 Å². The van der Waals surface area contributed by atoms with E-state index in [-0.39, 0.29) is 29.6 Å². The van der Waals surface area contributed by atoms with Gasteiger partial charge in [-0.25, -0.2) is 12.8 Å². The van der Waals surface area contributed by atoms with Gasteiger partial charge < -0.3 is 4.90 Å². The number of carbonyl (C=O) groups excluding carboxylic acids is 1. The molecule has 0 aromatic heterocycles. The van der Waals surface area contributed by atoms with Crippen molar-refractivity contribution < 1.29 is 17.6 Å². The molecular formula is C24H27FN2O3S. The van der Waals surface area contributed by atoms with Crippen molar-refractivity contribution in [2.75, 3.05) is 16.6 Å². The number of anilines is 1. The van der Waals surface area contributed by atoms with Gasteiger partial charge in [-0.15, -0.1) is 0 Å². The first-order valence-electron chi connectivity index (χ1n) is 11.1. The predicted molar refractivity (Wildman–Crippen MR) is 118 cm³/mol. The zero-order valence-corrected chi connectivity index (χ0v) is 18.2. The van der Waals surface area contributed by atoms with Gasteiger partial charge >= 0.3 is 0 Å². The SMILES string of the molecule is O=C(c1cccc(N2CCCCS2(=O)=O)c1)N1C2CCC1CC(c1ccc(F)cc1)C2. The molecule has 5 rings (SSSR count). The Morgan fingerprint density at radius 2 is 1.68 bits per heavy atom. The van der Waals surface area contributed by atoms with E-state index in [4.69, 9.17) is 0 Å². The Kier molecular flexibility index (Phi) is 5.24. The molecule has 0 aliphatic carbocycles. The first-order chi connectivity index (χ1) is 14.9. The molecule has 7 heteroatoms. The molecule has 5 nitrogen and oxygen atoms in total. The summed E-state index contributed by atoms with van der Waals surface area (Å²) >= 11 is 0. The molecule has 3 fully saturated rings. The molecule has 2 atom stereocenters. The number of fused-ring (bicyclic) bond motifs is 2. The van der Waals surface area contributed by atoms with Crippen molar-refractivity contribution in [3.05, 3.63) is 65.5 Å². The second kappa shape index (κ2) is 7.93. The summed E-state index contributed by atoms with van der Waals surface area (Å²) in [5.74, 6) is 0.259. The highest BCUT2D eigenvalue weighted by molar-refractivity contribution is 7.92. The third kappa shape index (κ3) is 3.84. The zero-order valence-electron chi connectivity index (χ0n) is 17.4. The highest BCUT2D eigenvalue weighted by Crippen LogP contribution is 2.43. The lowest BCUT2D eigenvalue weighted by Gasteiger charge is -2.39. The van der Waals surface area contributed by atoms with Crippen molar-refractivity contribution in [2.45, 2.75) is 56.5 Å². The van der Waals surface area contributed by atoms with Crippen LogP contribution in [-0.4, -0.2) is 43.6 Å². The van der Waals surface area contributed by atoms with E-state index in [0.717, 1.165) is 37.7 Å². The van der Waals surface area contributed by atoms with Gasteiger partial charge in [0.05, 0.1) is 11.4 Å². The highest BCUT2D eigenvalue weighted by Gasteiger charge is 2.43. The first kappa shape index (κ1) is 20.5. The van der Waals surface area contributed by atoms with Crippen LogP contribution in [0.5, 0.6) is 0 Å². The van der Waals surface area contributed by atoms with Crippen LogP contribution in [-0.2, 0) is 10.0 Å².